The molecule has 2 N–H and O–H groups in total. The quantitative estimate of drug-likeness (QED) is 0.476. The van der Waals surface area contributed by atoms with Gasteiger partial charge in [-0.1, -0.05) is 0 Å². The van der Waals surface area contributed by atoms with Crippen molar-refractivity contribution in [2.75, 3.05) is 36.5 Å². The zero-order valence-electron chi connectivity index (χ0n) is 17.5. The van der Waals surface area contributed by atoms with E-state index < -0.39 is 6.23 Å². The van der Waals surface area contributed by atoms with E-state index in [1.165, 1.54) is 10.7 Å². The number of carbonyl (C=O) groups excluding carboxylic acids is 1. The lowest BCUT2D eigenvalue weighted by atomic mass is 10.0. The molecular formula is C22H25N5O4. The number of aliphatic hydroxyl groups excluding tert-OH is 1. The largest absolute Gasteiger partial charge is 0.487 e. The summed E-state index contributed by atoms with van der Waals surface area (Å²) in [5, 5.41) is 18.5. The number of benzene rings is 1. The fourth-order valence-electron chi connectivity index (χ4n) is 4.21. The Balaban J connectivity index is 1.50. The van der Waals surface area contributed by atoms with Crippen molar-refractivity contribution in [1.29, 1.82) is 0 Å². The zero-order chi connectivity index (χ0) is 21.6. The average molecular weight is 423 g/mol. The molecule has 1 saturated heterocycles. The number of carbonyl (C=O) groups is 1. The maximum absolute atomic E-state index is 11.0. The zero-order valence-corrected chi connectivity index (χ0v) is 17.5. The molecule has 162 valence electrons. The van der Waals surface area contributed by atoms with E-state index in [1.54, 1.807) is 12.4 Å². The van der Waals surface area contributed by atoms with Crippen molar-refractivity contribution in [3.05, 3.63) is 47.4 Å². The van der Waals surface area contributed by atoms with Crippen LogP contribution in [0.1, 0.15) is 41.6 Å². The topological polar surface area (TPSA) is 101 Å². The molecule has 1 atom stereocenters. The maximum Gasteiger partial charge on any atom is 0.162 e. The minimum atomic E-state index is -1.03. The second kappa shape index (κ2) is 7.51. The predicted octanol–water partition coefficient (Wildman–Crippen LogP) is 2.19. The molecule has 5 rings (SSSR count). The van der Waals surface area contributed by atoms with Crippen LogP contribution in [0, 0.1) is 0 Å². The van der Waals surface area contributed by atoms with Crippen LogP contribution in [0.5, 0.6) is 5.75 Å². The van der Waals surface area contributed by atoms with Gasteiger partial charge in [0.1, 0.15) is 11.4 Å². The van der Waals surface area contributed by atoms with Crippen molar-refractivity contribution < 1.29 is 19.4 Å². The van der Waals surface area contributed by atoms with Gasteiger partial charge in [-0.25, -0.2) is 9.50 Å². The number of aldehydes is 1. The normalized spacial score (nSPS) is 18.5. The molecule has 1 unspecified atom stereocenters. The molecule has 3 aromatic rings. The van der Waals surface area contributed by atoms with E-state index in [0.29, 0.717) is 36.3 Å². The van der Waals surface area contributed by atoms with Gasteiger partial charge < -0.3 is 24.8 Å². The Kier molecular flexibility index (Phi) is 4.79. The van der Waals surface area contributed by atoms with E-state index >= 15 is 0 Å². The van der Waals surface area contributed by atoms with Crippen molar-refractivity contribution in [3.63, 3.8) is 0 Å². The number of nitrogens with one attached hydrogen (secondary N) is 1. The first kappa shape index (κ1) is 19.8. The maximum atomic E-state index is 11.0. The van der Waals surface area contributed by atoms with Crippen LogP contribution in [-0.2, 0) is 11.2 Å². The summed E-state index contributed by atoms with van der Waals surface area (Å²) in [4.78, 5) is 17.5. The molecule has 1 aromatic carbocycles. The third-order valence-electron chi connectivity index (χ3n) is 5.66. The van der Waals surface area contributed by atoms with Gasteiger partial charge in [0.15, 0.2) is 18.2 Å². The van der Waals surface area contributed by atoms with E-state index in [0.717, 1.165) is 42.2 Å². The molecule has 2 aliphatic heterocycles. The summed E-state index contributed by atoms with van der Waals surface area (Å²) in [5.41, 5.74) is 4.06. The fraction of sp³-hybridized carbons (Fsp3) is 0.409. The molecule has 2 aliphatic rings. The highest BCUT2D eigenvalue weighted by Crippen LogP contribution is 2.42. The lowest BCUT2D eigenvalue weighted by Crippen LogP contribution is -2.36. The highest BCUT2D eigenvalue weighted by Gasteiger charge is 2.32. The van der Waals surface area contributed by atoms with Crippen LogP contribution >= 0.6 is 0 Å². The Morgan fingerprint density at radius 2 is 2.06 bits per heavy atom. The molecular weight excluding hydrogens is 398 g/mol. The van der Waals surface area contributed by atoms with E-state index in [2.05, 4.69) is 46.3 Å². The van der Waals surface area contributed by atoms with Crippen molar-refractivity contribution >= 4 is 23.3 Å². The summed E-state index contributed by atoms with van der Waals surface area (Å²) in [6.07, 6.45) is 5.09. The SMILES string of the molecule is CC1(C)Cc2cc(NC(O)c3cnn4cc(C=O)cnc34)c(N3CCOCC3)cc2O1. The van der Waals surface area contributed by atoms with Crippen LogP contribution < -0.4 is 15.0 Å². The Hall–Kier alpha value is -3.17. The second-order valence-electron chi connectivity index (χ2n) is 8.54. The molecule has 0 spiro atoms. The Morgan fingerprint density at radius 3 is 2.84 bits per heavy atom. The number of fused-ring (bicyclic) bond motifs is 2. The minimum Gasteiger partial charge on any atom is -0.487 e. The van der Waals surface area contributed by atoms with E-state index in [9.17, 15) is 9.90 Å². The summed E-state index contributed by atoms with van der Waals surface area (Å²) in [7, 11) is 0. The molecule has 31 heavy (non-hydrogen) atoms. The first-order valence-electron chi connectivity index (χ1n) is 10.4. The molecule has 0 aliphatic carbocycles. The minimum absolute atomic E-state index is 0.259. The van der Waals surface area contributed by atoms with Gasteiger partial charge in [-0.15, -0.1) is 0 Å². The number of nitrogens with zero attached hydrogens (tertiary/aromatic N) is 4. The van der Waals surface area contributed by atoms with Crippen molar-refractivity contribution in [3.8, 4) is 5.75 Å². The lowest BCUT2D eigenvalue weighted by molar-refractivity contribution is 0.112. The monoisotopic (exact) mass is 423 g/mol. The van der Waals surface area contributed by atoms with E-state index in [-0.39, 0.29) is 5.60 Å². The Morgan fingerprint density at radius 1 is 1.26 bits per heavy atom. The number of rotatable bonds is 5. The fourth-order valence-corrected chi connectivity index (χ4v) is 4.21. The summed E-state index contributed by atoms with van der Waals surface area (Å²) >= 11 is 0. The molecule has 9 nitrogen and oxygen atoms in total. The molecule has 0 radical (unpaired) electrons. The summed E-state index contributed by atoms with van der Waals surface area (Å²) in [6, 6.07) is 4.11. The van der Waals surface area contributed by atoms with Crippen LogP contribution in [0.15, 0.2) is 30.7 Å². The van der Waals surface area contributed by atoms with Crippen LogP contribution in [0.2, 0.25) is 0 Å². The van der Waals surface area contributed by atoms with Crippen molar-refractivity contribution in [2.45, 2.75) is 32.1 Å². The van der Waals surface area contributed by atoms with Gasteiger partial charge in [0, 0.05) is 43.5 Å². The number of morpholine rings is 1. The lowest BCUT2D eigenvalue weighted by Gasteiger charge is -2.31. The van der Waals surface area contributed by atoms with Crippen LogP contribution in [0.25, 0.3) is 5.65 Å². The number of hydrogen-bond acceptors (Lipinski definition) is 8. The van der Waals surface area contributed by atoms with Crippen LogP contribution in [0.3, 0.4) is 0 Å². The number of aliphatic hydroxyl groups is 1. The van der Waals surface area contributed by atoms with E-state index in [1.807, 2.05) is 0 Å². The van der Waals surface area contributed by atoms with Gasteiger partial charge in [0.2, 0.25) is 0 Å². The third kappa shape index (κ3) is 3.70. The molecule has 0 amide bonds. The highest BCUT2D eigenvalue weighted by molar-refractivity contribution is 5.76. The molecule has 0 bridgehead atoms. The van der Waals surface area contributed by atoms with Gasteiger partial charge in [-0.2, -0.15) is 5.10 Å². The molecule has 2 aromatic heterocycles. The van der Waals surface area contributed by atoms with Crippen molar-refractivity contribution in [2.24, 2.45) is 0 Å². The predicted molar refractivity (Wildman–Crippen MR) is 115 cm³/mol. The highest BCUT2D eigenvalue weighted by atomic mass is 16.5. The number of aromatic nitrogens is 3. The summed E-state index contributed by atoms with van der Waals surface area (Å²) in [6.45, 7) is 6.98. The Labute approximate surface area is 179 Å². The standard InChI is InChI=1S/C22H25N5O4/c1-22(2)9-15-7-17(18(8-19(15)31-22)26-3-5-30-6-4-26)25-21(29)16-11-24-27-12-14(13-28)10-23-20(16)27/h7-8,10-13,21,25,29H,3-6,9H2,1-2H3. The van der Waals surface area contributed by atoms with E-state index in [4.69, 9.17) is 9.47 Å². The van der Waals surface area contributed by atoms with Gasteiger partial charge in [0.05, 0.1) is 41.9 Å². The van der Waals surface area contributed by atoms with Gasteiger partial charge >= 0.3 is 0 Å². The second-order valence-corrected chi connectivity index (χ2v) is 8.54. The molecule has 4 heterocycles. The summed E-state index contributed by atoms with van der Waals surface area (Å²) < 4.78 is 13.1. The smallest absolute Gasteiger partial charge is 0.162 e. The number of anilines is 2. The first-order valence-corrected chi connectivity index (χ1v) is 10.4. The average Bonchev–Trinajstić information content (AvgIpc) is 3.32. The molecule has 9 heteroatoms. The Bertz CT molecular complexity index is 1140. The van der Waals surface area contributed by atoms with Crippen LogP contribution in [0.4, 0.5) is 11.4 Å². The number of ether oxygens (including phenoxy) is 2. The van der Waals surface area contributed by atoms with Gasteiger partial charge in [0.25, 0.3) is 0 Å². The van der Waals surface area contributed by atoms with Crippen LogP contribution in [-0.4, -0.2) is 57.9 Å². The van der Waals surface area contributed by atoms with Gasteiger partial charge in [-0.05, 0) is 19.9 Å². The summed E-state index contributed by atoms with van der Waals surface area (Å²) in [5.74, 6) is 0.880. The molecule has 0 saturated carbocycles. The number of hydrogen-bond donors (Lipinski definition) is 2. The van der Waals surface area contributed by atoms with Crippen molar-refractivity contribution in [1.82, 2.24) is 14.6 Å². The van der Waals surface area contributed by atoms with Gasteiger partial charge in [-0.3, -0.25) is 4.79 Å². The molecule has 1 fully saturated rings. The first-order chi connectivity index (χ1) is 14.9. The third-order valence-corrected chi connectivity index (χ3v) is 5.66.